The van der Waals surface area contributed by atoms with Crippen LogP contribution in [0.15, 0.2) is 24.3 Å². The number of rotatable bonds is 3. The van der Waals surface area contributed by atoms with Crippen LogP contribution in [-0.2, 0) is 0 Å². The molecule has 96 valence electrons. The zero-order chi connectivity index (χ0) is 12.8. The first-order valence-corrected chi connectivity index (χ1v) is 7.10. The van der Waals surface area contributed by atoms with Crippen molar-refractivity contribution in [2.75, 3.05) is 5.32 Å². The maximum Gasteiger partial charge on any atom is 0.117 e. The number of halogens is 1. The fourth-order valence-electron chi connectivity index (χ4n) is 2.65. The van der Waals surface area contributed by atoms with E-state index in [0.717, 1.165) is 18.5 Å². The van der Waals surface area contributed by atoms with Crippen molar-refractivity contribution in [3.05, 3.63) is 29.3 Å². The Morgan fingerprint density at radius 1 is 1.17 bits per heavy atom. The minimum absolute atomic E-state index is 0.122. The van der Waals surface area contributed by atoms with Crippen LogP contribution in [-0.4, -0.2) is 6.04 Å². The summed E-state index contributed by atoms with van der Waals surface area (Å²) < 4.78 is 0. The van der Waals surface area contributed by atoms with Crippen LogP contribution in [0.2, 0.25) is 5.02 Å². The molecule has 18 heavy (non-hydrogen) atoms. The van der Waals surface area contributed by atoms with Crippen molar-refractivity contribution in [3.8, 4) is 6.07 Å². The third kappa shape index (κ3) is 3.40. The zero-order valence-electron chi connectivity index (χ0n) is 10.5. The average Bonchev–Trinajstić information content (AvgIpc) is 2.67. The molecule has 0 amide bonds. The fourth-order valence-corrected chi connectivity index (χ4v) is 2.84. The maximum atomic E-state index is 9.37. The Bertz CT molecular complexity index is 417. The lowest BCUT2D eigenvalue weighted by Gasteiger charge is -2.22. The second-order valence-corrected chi connectivity index (χ2v) is 5.39. The second kappa shape index (κ2) is 6.66. The van der Waals surface area contributed by atoms with Crippen LogP contribution in [0.4, 0.5) is 5.69 Å². The molecule has 0 saturated heterocycles. The summed E-state index contributed by atoms with van der Waals surface area (Å²) in [5.74, 6) is 0.453. The van der Waals surface area contributed by atoms with Gasteiger partial charge in [0.1, 0.15) is 6.04 Å². The smallest absolute Gasteiger partial charge is 0.117 e. The predicted molar refractivity (Wildman–Crippen MR) is 75.7 cm³/mol. The van der Waals surface area contributed by atoms with Crippen molar-refractivity contribution in [2.45, 2.75) is 44.6 Å². The number of nitrogens with zero attached hydrogens (tertiary/aromatic N) is 1. The first-order valence-electron chi connectivity index (χ1n) is 6.72. The summed E-state index contributed by atoms with van der Waals surface area (Å²) in [5, 5.41) is 13.4. The van der Waals surface area contributed by atoms with Gasteiger partial charge in [0.15, 0.2) is 0 Å². The highest BCUT2D eigenvalue weighted by Crippen LogP contribution is 2.29. The van der Waals surface area contributed by atoms with E-state index < -0.39 is 0 Å². The standard InChI is InChI=1S/C15H19ClN2/c16-13-9-5-6-10-14(13)18-15(11-17)12-7-3-1-2-4-8-12/h5-6,9-10,12,15,18H,1-4,7-8H2. The van der Waals surface area contributed by atoms with E-state index in [4.69, 9.17) is 11.6 Å². The molecule has 1 aliphatic rings. The fraction of sp³-hybridized carbons (Fsp3) is 0.533. The molecule has 2 rings (SSSR count). The van der Waals surface area contributed by atoms with Crippen molar-refractivity contribution in [1.82, 2.24) is 0 Å². The molecule has 1 unspecified atom stereocenters. The Kier molecular flexibility index (Phi) is 4.90. The van der Waals surface area contributed by atoms with Crippen LogP contribution in [0.25, 0.3) is 0 Å². The van der Waals surface area contributed by atoms with Gasteiger partial charge in [-0.3, -0.25) is 0 Å². The van der Waals surface area contributed by atoms with Crippen molar-refractivity contribution < 1.29 is 0 Å². The van der Waals surface area contributed by atoms with E-state index in [2.05, 4.69) is 11.4 Å². The van der Waals surface area contributed by atoms with Gasteiger partial charge >= 0.3 is 0 Å². The molecule has 1 aromatic rings. The van der Waals surface area contributed by atoms with Crippen molar-refractivity contribution in [2.24, 2.45) is 5.92 Å². The summed E-state index contributed by atoms with van der Waals surface area (Å²) in [6.45, 7) is 0. The summed E-state index contributed by atoms with van der Waals surface area (Å²) in [6.07, 6.45) is 7.40. The largest absolute Gasteiger partial charge is 0.368 e. The van der Waals surface area contributed by atoms with Crippen molar-refractivity contribution in [3.63, 3.8) is 0 Å². The van der Waals surface area contributed by atoms with Gasteiger partial charge in [-0.2, -0.15) is 5.26 Å². The topological polar surface area (TPSA) is 35.8 Å². The molecule has 0 bridgehead atoms. The summed E-state index contributed by atoms with van der Waals surface area (Å²) >= 11 is 6.12. The monoisotopic (exact) mass is 262 g/mol. The molecule has 2 nitrogen and oxygen atoms in total. The van der Waals surface area contributed by atoms with Gasteiger partial charge in [0.25, 0.3) is 0 Å². The molecular formula is C15H19ClN2. The van der Waals surface area contributed by atoms with E-state index in [-0.39, 0.29) is 6.04 Å². The Labute approximate surface area is 114 Å². The van der Waals surface area contributed by atoms with Crippen LogP contribution < -0.4 is 5.32 Å². The quantitative estimate of drug-likeness (QED) is 0.807. The highest BCUT2D eigenvalue weighted by atomic mass is 35.5. The number of anilines is 1. The van der Waals surface area contributed by atoms with Gasteiger partial charge in [-0.1, -0.05) is 49.4 Å². The molecular weight excluding hydrogens is 244 g/mol. The highest BCUT2D eigenvalue weighted by Gasteiger charge is 2.22. The van der Waals surface area contributed by atoms with E-state index in [0.29, 0.717) is 10.9 Å². The van der Waals surface area contributed by atoms with Gasteiger partial charge in [0.05, 0.1) is 16.8 Å². The van der Waals surface area contributed by atoms with E-state index in [9.17, 15) is 5.26 Å². The van der Waals surface area contributed by atoms with Gasteiger partial charge in [-0.05, 0) is 30.9 Å². The second-order valence-electron chi connectivity index (χ2n) is 4.98. The number of benzene rings is 1. The molecule has 1 saturated carbocycles. The molecule has 1 aromatic carbocycles. The first kappa shape index (κ1) is 13.2. The molecule has 0 aliphatic heterocycles. The molecule has 0 spiro atoms. The summed E-state index contributed by atoms with van der Waals surface area (Å²) in [5.41, 5.74) is 0.870. The summed E-state index contributed by atoms with van der Waals surface area (Å²) in [6, 6.07) is 9.91. The molecule has 0 aromatic heterocycles. The van der Waals surface area contributed by atoms with Crippen LogP contribution >= 0.6 is 11.6 Å². The molecule has 1 aliphatic carbocycles. The van der Waals surface area contributed by atoms with Crippen LogP contribution in [0.3, 0.4) is 0 Å². The van der Waals surface area contributed by atoms with Gasteiger partial charge < -0.3 is 5.32 Å². The van der Waals surface area contributed by atoms with Crippen molar-refractivity contribution in [1.29, 1.82) is 5.26 Å². The predicted octanol–water partition coefficient (Wildman–Crippen LogP) is 4.61. The maximum absolute atomic E-state index is 9.37. The average molecular weight is 263 g/mol. The Morgan fingerprint density at radius 3 is 2.44 bits per heavy atom. The lowest BCUT2D eigenvalue weighted by atomic mass is 9.92. The number of hydrogen-bond acceptors (Lipinski definition) is 2. The third-order valence-corrected chi connectivity index (χ3v) is 4.02. The SMILES string of the molecule is N#CC(Nc1ccccc1Cl)C1CCCCCC1. The molecule has 1 fully saturated rings. The van der Waals surface area contributed by atoms with Gasteiger partial charge in [-0.15, -0.1) is 0 Å². The first-order chi connectivity index (χ1) is 8.81. The lowest BCUT2D eigenvalue weighted by molar-refractivity contribution is 0.439. The van der Waals surface area contributed by atoms with Gasteiger partial charge in [0.2, 0.25) is 0 Å². The normalized spacial score (nSPS) is 18.7. The molecule has 3 heteroatoms. The third-order valence-electron chi connectivity index (χ3n) is 3.70. The van der Waals surface area contributed by atoms with Crippen LogP contribution in [0.5, 0.6) is 0 Å². The van der Waals surface area contributed by atoms with Crippen LogP contribution in [0, 0.1) is 17.2 Å². The Balaban J connectivity index is 2.05. The van der Waals surface area contributed by atoms with E-state index in [1.54, 1.807) is 0 Å². The number of nitrogens with one attached hydrogen (secondary N) is 1. The van der Waals surface area contributed by atoms with E-state index >= 15 is 0 Å². The number of nitriles is 1. The highest BCUT2D eigenvalue weighted by molar-refractivity contribution is 6.33. The zero-order valence-corrected chi connectivity index (χ0v) is 11.3. The molecule has 1 N–H and O–H groups in total. The van der Waals surface area contributed by atoms with E-state index in [1.165, 1.54) is 25.7 Å². The van der Waals surface area contributed by atoms with Gasteiger partial charge in [-0.25, -0.2) is 0 Å². The van der Waals surface area contributed by atoms with E-state index in [1.807, 2.05) is 24.3 Å². The molecule has 1 atom stereocenters. The number of hydrogen-bond donors (Lipinski definition) is 1. The van der Waals surface area contributed by atoms with Crippen LogP contribution in [0.1, 0.15) is 38.5 Å². The lowest BCUT2D eigenvalue weighted by Crippen LogP contribution is -2.27. The van der Waals surface area contributed by atoms with Gasteiger partial charge in [0, 0.05) is 0 Å². The Morgan fingerprint density at radius 2 is 1.83 bits per heavy atom. The summed E-state index contributed by atoms with van der Waals surface area (Å²) in [7, 11) is 0. The molecule has 0 heterocycles. The minimum Gasteiger partial charge on any atom is -0.368 e. The Hall–Kier alpha value is -1.20. The minimum atomic E-state index is -0.122. The van der Waals surface area contributed by atoms with Crippen molar-refractivity contribution >= 4 is 17.3 Å². The molecule has 0 radical (unpaired) electrons. The number of para-hydroxylation sites is 1. The summed E-state index contributed by atoms with van der Waals surface area (Å²) in [4.78, 5) is 0.